The minimum absolute atomic E-state index is 0.217. The molecule has 3 N–H and O–H groups in total. The number of imidazole rings is 1. The van der Waals surface area contributed by atoms with E-state index in [2.05, 4.69) is 20.3 Å². The number of nitrogens with one attached hydrogen (secondary N) is 1. The van der Waals surface area contributed by atoms with E-state index in [0.717, 1.165) is 5.56 Å². The van der Waals surface area contributed by atoms with Crippen LogP contribution in [0.1, 0.15) is 18.2 Å². The van der Waals surface area contributed by atoms with Gasteiger partial charge >= 0.3 is 6.01 Å². The van der Waals surface area contributed by atoms with Gasteiger partial charge in [-0.3, -0.25) is 4.57 Å². The average molecular weight is 371 g/mol. The molecule has 9 heteroatoms. The van der Waals surface area contributed by atoms with Crippen LogP contribution in [0.4, 0.5) is 5.82 Å². The van der Waals surface area contributed by atoms with Gasteiger partial charge in [0.05, 0.1) is 19.0 Å². The van der Waals surface area contributed by atoms with Crippen LogP contribution in [0.15, 0.2) is 36.7 Å². The minimum Gasteiger partial charge on any atom is -0.458 e. The molecule has 0 bridgehead atoms. The Labute approximate surface area is 155 Å². The van der Waals surface area contributed by atoms with E-state index in [1.54, 1.807) is 17.9 Å². The number of aliphatic hydroxyl groups is 2. The highest BCUT2D eigenvalue weighted by Crippen LogP contribution is 2.32. The normalized spacial score (nSPS) is 22.3. The van der Waals surface area contributed by atoms with Crippen molar-refractivity contribution in [1.29, 1.82) is 0 Å². The summed E-state index contributed by atoms with van der Waals surface area (Å²) >= 11 is 0. The molecule has 1 aromatic carbocycles. The molecule has 0 aliphatic carbocycles. The maximum atomic E-state index is 10.0. The lowest BCUT2D eigenvalue weighted by atomic mass is 10.2. The zero-order valence-electron chi connectivity index (χ0n) is 14.8. The molecule has 0 spiro atoms. The van der Waals surface area contributed by atoms with E-state index in [4.69, 9.17) is 9.47 Å². The van der Waals surface area contributed by atoms with Crippen molar-refractivity contribution in [2.24, 2.45) is 0 Å². The van der Waals surface area contributed by atoms with Gasteiger partial charge in [-0.2, -0.15) is 9.97 Å². The molecule has 1 fully saturated rings. The second-order valence-electron chi connectivity index (χ2n) is 6.32. The highest BCUT2D eigenvalue weighted by Gasteiger charge is 2.35. The number of anilines is 1. The molecule has 4 rings (SSSR count). The first-order valence-electron chi connectivity index (χ1n) is 8.73. The summed E-state index contributed by atoms with van der Waals surface area (Å²) in [5.74, 6) is 0.541. The topological polar surface area (TPSA) is 115 Å². The molecule has 1 aliphatic rings. The van der Waals surface area contributed by atoms with Crippen LogP contribution >= 0.6 is 0 Å². The van der Waals surface area contributed by atoms with Gasteiger partial charge in [0.1, 0.15) is 18.9 Å². The molecule has 1 aliphatic heterocycles. The molecule has 27 heavy (non-hydrogen) atoms. The third kappa shape index (κ3) is 3.44. The highest BCUT2D eigenvalue weighted by atomic mass is 16.5. The minimum atomic E-state index is -0.739. The fraction of sp³-hybridized carbons (Fsp3) is 0.389. The second kappa shape index (κ2) is 7.47. The molecule has 9 nitrogen and oxygen atoms in total. The second-order valence-corrected chi connectivity index (χ2v) is 6.32. The fourth-order valence-corrected chi connectivity index (χ4v) is 3.12. The van der Waals surface area contributed by atoms with Crippen molar-refractivity contribution < 1.29 is 19.7 Å². The molecular weight excluding hydrogens is 350 g/mol. The molecule has 3 aromatic rings. The van der Waals surface area contributed by atoms with E-state index in [-0.39, 0.29) is 12.6 Å². The lowest BCUT2D eigenvalue weighted by Gasteiger charge is -2.14. The number of aromatic nitrogens is 4. The van der Waals surface area contributed by atoms with Crippen LogP contribution in [0.25, 0.3) is 11.2 Å². The van der Waals surface area contributed by atoms with Crippen LogP contribution < -0.4 is 10.1 Å². The number of ether oxygens (including phenoxy) is 2. The Balaban J connectivity index is 1.64. The molecule has 1 saturated heterocycles. The first kappa shape index (κ1) is 17.7. The van der Waals surface area contributed by atoms with Crippen LogP contribution in [0.3, 0.4) is 0 Å². The summed E-state index contributed by atoms with van der Waals surface area (Å²) in [5.41, 5.74) is 2.12. The van der Waals surface area contributed by atoms with Crippen molar-refractivity contribution in [1.82, 2.24) is 19.5 Å². The first-order chi connectivity index (χ1) is 13.2. The molecular formula is C18H21N5O4. The van der Waals surface area contributed by atoms with E-state index >= 15 is 0 Å². The number of fused-ring (bicyclic) bond motifs is 1. The van der Waals surface area contributed by atoms with E-state index in [1.807, 2.05) is 30.3 Å². The number of hydrogen-bond acceptors (Lipinski definition) is 8. The number of benzene rings is 1. The number of nitrogens with zero attached hydrogens (tertiary/aromatic N) is 4. The summed E-state index contributed by atoms with van der Waals surface area (Å²) in [7, 11) is 1.75. The molecule has 3 heterocycles. The monoisotopic (exact) mass is 371 g/mol. The van der Waals surface area contributed by atoms with Crippen molar-refractivity contribution >= 4 is 17.0 Å². The zero-order valence-corrected chi connectivity index (χ0v) is 14.8. The molecule has 0 radical (unpaired) electrons. The van der Waals surface area contributed by atoms with Crippen molar-refractivity contribution in [2.75, 3.05) is 19.0 Å². The predicted octanol–water partition coefficient (Wildman–Crippen LogP) is 1.09. The quantitative estimate of drug-likeness (QED) is 0.590. The molecule has 0 amide bonds. The van der Waals surface area contributed by atoms with Crippen LogP contribution in [0, 0.1) is 0 Å². The zero-order chi connectivity index (χ0) is 18.8. The van der Waals surface area contributed by atoms with Gasteiger partial charge in [-0.25, -0.2) is 4.98 Å². The number of hydrogen-bond donors (Lipinski definition) is 3. The number of rotatable bonds is 6. The maximum Gasteiger partial charge on any atom is 0.320 e. The third-order valence-corrected chi connectivity index (χ3v) is 4.54. The standard InChI is InChI=1S/C18H21N5O4/c1-19-16-15-17(22-18(21-16)26-9-11-5-3-2-4-6-11)23(10-20-15)14-7-12(25)13(8-24)27-14/h2-6,10,12-14,24-25H,7-9H2,1H3,(H,19,21,22)/t12?,13-,14-/m1/s1. The van der Waals surface area contributed by atoms with Gasteiger partial charge in [0.15, 0.2) is 17.0 Å². The lowest BCUT2D eigenvalue weighted by molar-refractivity contribution is -0.0432. The maximum absolute atomic E-state index is 10.0. The largest absolute Gasteiger partial charge is 0.458 e. The van der Waals surface area contributed by atoms with Gasteiger partial charge in [0.25, 0.3) is 0 Å². The SMILES string of the molecule is CNc1nc(OCc2ccccc2)nc2c1ncn2[C@H]1CC(O)[C@@H](CO)O1. The van der Waals surface area contributed by atoms with Crippen LogP contribution in [-0.4, -0.2) is 55.6 Å². The molecule has 1 unspecified atom stereocenters. The third-order valence-electron chi connectivity index (χ3n) is 4.54. The summed E-state index contributed by atoms with van der Waals surface area (Å²) in [6.45, 7) is 0.0986. The Hall–Kier alpha value is -2.75. The Morgan fingerprint density at radius 1 is 1.30 bits per heavy atom. The van der Waals surface area contributed by atoms with E-state index < -0.39 is 18.4 Å². The van der Waals surface area contributed by atoms with Gasteiger partial charge < -0.3 is 25.0 Å². The van der Waals surface area contributed by atoms with Gasteiger partial charge in [0, 0.05) is 13.5 Å². The predicted molar refractivity (Wildman–Crippen MR) is 97.3 cm³/mol. The summed E-state index contributed by atoms with van der Waals surface area (Å²) in [5, 5.41) is 22.3. The smallest absolute Gasteiger partial charge is 0.320 e. The van der Waals surface area contributed by atoms with E-state index in [1.165, 1.54) is 0 Å². The van der Waals surface area contributed by atoms with Crippen molar-refractivity contribution in [3.05, 3.63) is 42.2 Å². The average Bonchev–Trinajstić information content (AvgIpc) is 3.29. The molecule has 0 saturated carbocycles. The van der Waals surface area contributed by atoms with Gasteiger partial charge in [-0.15, -0.1) is 0 Å². The lowest BCUT2D eigenvalue weighted by Crippen LogP contribution is -2.24. The van der Waals surface area contributed by atoms with Crippen molar-refractivity contribution in [3.63, 3.8) is 0 Å². The summed E-state index contributed by atoms with van der Waals surface area (Å²) in [6.07, 6.45) is 0.112. The van der Waals surface area contributed by atoms with Crippen LogP contribution in [0.2, 0.25) is 0 Å². The molecule has 142 valence electrons. The van der Waals surface area contributed by atoms with E-state index in [9.17, 15) is 10.2 Å². The molecule has 2 aromatic heterocycles. The Morgan fingerprint density at radius 2 is 2.11 bits per heavy atom. The number of aliphatic hydroxyl groups excluding tert-OH is 2. The van der Waals surface area contributed by atoms with Crippen molar-refractivity contribution in [2.45, 2.75) is 31.5 Å². The van der Waals surface area contributed by atoms with Crippen LogP contribution in [0.5, 0.6) is 6.01 Å². The molecule has 3 atom stereocenters. The van der Waals surface area contributed by atoms with Crippen molar-refractivity contribution in [3.8, 4) is 6.01 Å². The summed E-state index contributed by atoms with van der Waals surface area (Å²) in [4.78, 5) is 13.2. The fourth-order valence-electron chi connectivity index (χ4n) is 3.12. The Kier molecular flexibility index (Phi) is 4.88. The Morgan fingerprint density at radius 3 is 2.81 bits per heavy atom. The van der Waals surface area contributed by atoms with Gasteiger partial charge in [0.2, 0.25) is 0 Å². The highest BCUT2D eigenvalue weighted by molar-refractivity contribution is 5.83. The van der Waals surface area contributed by atoms with Gasteiger partial charge in [-0.1, -0.05) is 30.3 Å². The summed E-state index contributed by atoms with van der Waals surface area (Å²) in [6, 6.07) is 9.97. The Bertz CT molecular complexity index is 917. The summed E-state index contributed by atoms with van der Waals surface area (Å²) < 4.78 is 13.2. The first-order valence-corrected chi connectivity index (χ1v) is 8.73. The van der Waals surface area contributed by atoms with Crippen LogP contribution in [-0.2, 0) is 11.3 Å². The van der Waals surface area contributed by atoms with E-state index in [0.29, 0.717) is 30.0 Å². The van der Waals surface area contributed by atoms with Gasteiger partial charge in [-0.05, 0) is 5.56 Å².